The van der Waals surface area contributed by atoms with Crippen LogP contribution in [-0.4, -0.2) is 12.6 Å². The fourth-order valence-electron chi connectivity index (χ4n) is 4.35. The Morgan fingerprint density at radius 2 is 1.50 bits per heavy atom. The third kappa shape index (κ3) is 6.27. The summed E-state index contributed by atoms with van der Waals surface area (Å²) in [5.41, 5.74) is 4.28. The molecule has 3 rings (SSSR count). The van der Waals surface area contributed by atoms with E-state index < -0.39 is 12.8 Å². The van der Waals surface area contributed by atoms with Crippen LogP contribution in [0.4, 0.5) is 0 Å². The van der Waals surface area contributed by atoms with E-state index in [4.69, 9.17) is 4.74 Å². The number of thiophene rings is 1. The van der Waals surface area contributed by atoms with Crippen LogP contribution in [0.5, 0.6) is 0 Å². The molecule has 1 heterocycles. The summed E-state index contributed by atoms with van der Waals surface area (Å²) in [6.45, 7) is 12.5. The number of hydrogen-bond acceptors (Lipinski definition) is 4. The van der Waals surface area contributed by atoms with Crippen molar-refractivity contribution < 1.29 is 14.1 Å². The summed E-state index contributed by atoms with van der Waals surface area (Å²) in [4.78, 5) is 12.9. The highest BCUT2D eigenvalue weighted by atomic mass is 32.1. The van der Waals surface area contributed by atoms with E-state index in [0.717, 1.165) is 51.3 Å². The summed E-state index contributed by atoms with van der Waals surface area (Å²) in [7, 11) is -3.34. The van der Waals surface area contributed by atoms with Gasteiger partial charge in [0, 0.05) is 10.6 Å². The molecule has 6 heteroatoms. The van der Waals surface area contributed by atoms with E-state index in [1.54, 1.807) is 11.3 Å². The fourth-order valence-corrected chi connectivity index (χ4v) is 8.14. The molecule has 1 atom stereocenters. The number of esters is 1. The van der Waals surface area contributed by atoms with Gasteiger partial charge in [-0.2, -0.15) is 11.3 Å². The van der Waals surface area contributed by atoms with Gasteiger partial charge in [0.1, 0.15) is 0 Å². The highest BCUT2D eigenvalue weighted by Crippen LogP contribution is 2.46. The maximum atomic E-state index is 15.1. The highest BCUT2D eigenvalue weighted by Gasteiger charge is 2.40. The molecule has 34 heavy (non-hydrogen) atoms. The highest BCUT2D eigenvalue weighted by molar-refractivity contribution is 7.77. The number of ether oxygens (including phenoxy) is 1. The molecule has 0 bridgehead atoms. The third-order valence-electron chi connectivity index (χ3n) is 5.96. The van der Waals surface area contributed by atoms with E-state index in [2.05, 4.69) is 24.1 Å². The standard InChI is InChI=1S/C28H36NO3PS/c1-7-8-10-32-27(30)18-28(6,24-9-11-34-19-24)29-33(31,25-14-20(2)12-21(3)15-25)26-16-22(4)13-23(5)17-26/h9,11-17,19H,7-8,10,18H2,1-6H3,(H,29,31). The summed E-state index contributed by atoms with van der Waals surface area (Å²) in [5, 5.41) is 9.02. The Balaban J connectivity index is 2.13. The number of benzene rings is 2. The van der Waals surface area contributed by atoms with Crippen molar-refractivity contribution in [1.82, 2.24) is 5.09 Å². The molecule has 0 amide bonds. The molecular weight excluding hydrogens is 461 g/mol. The SMILES string of the molecule is CCCCOC(=O)CC(C)(NP(=O)(c1cc(C)cc(C)c1)c1cc(C)cc(C)c1)c1ccsc1. The second-order valence-corrected chi connectivity index (χ2v) is 12.8. The Labute approximate surface area is 208 Å². The maximum absolute atomic E-state index is 15.1. The molecule has 1 unspecified atom stereocenters. The van der Waals surface area contributed by atoms with Gasteiger partial charge in [0.25, 0.3) is 0 Å². The number of hydrogen-bond donors (Lipinski definition) is 1. The van der Waals surface area contributed by atoms with Crippen LogP contribution in [-0.2, 0) is 19.6 Å². The van der Waals surface area contributed by atoms with Crippen molar-refractivity contribution in [2.24, 2.45) is 0 Å². The Kier molecular flexibility index (Phi) is 8.57. The molecule has 0 aliphatic heterocycles. The van der Waals surface area contributed by atoms with Crippen molar-refractivity contribution in [3.8, 4) is 0 Å². The molecule has 0 aliphatic rings. The zero-order valence-corrected chi connectivity index (χ0v) is 22.8. The molecule has 1 N–H and O–H groups in total. The molecule has 2 aromatic carbocycles. The van der Waals surface area contributed by atoms with E-state index in [0.29, 0.717) is 6.61 Å². The van der Waals surface area contributed by atoms with Crippen LogP contribution in [0.3, 0.4) is 0 Å². The first-order valence-electron chi connectivity index (χ1n) is 11.8. The predicted octanol–water partition coefficient (Wildman–Crippen LogP) is 6.45. The van der Waals surface area contributed by atoms with Gasteiger partial charge >= 0.3 is 5.97 Å². The van der Waals surface area contributed by atoms with E-state index in [9.17, 15) is 4.79 Å². The second kappa shape index (κ2) is 11.0. The van der Waals surface area contributed by atoms with Gasteiger partial charge in [-0.3, -0.25) is 9.36 Å². The lowest BCUT2D eigenvalue weighted by Gasteiger charge is -2.35. The Morgan fingerprint density at radius 3 is 1.94 bits per heavy atom. The molecular formula is C28H36NO3PS. The van der Waals surface area contributed by atoms with Crippen molar-refractivity contribution in [2.75, 3.05) is 6.61 Å². The van der Waals surface area contributed by atoms with Crippen LogP contribution >= 0.6 is 18.6 Å². The molecule has 182 valence electrons. The normalized spacial score (nSPS) is 13.5. The molecule has 0 aliphatic carbocycles. The van der Waals surface area contributed by atoms with Crippen molar-refractivity contribution >= 4 is 35.2 Å². The zero-order valence-electron chi connectivity index (χ0n) is 21.1. The second-order valence-electron chi connectivity index (χ2n) is 9.51. The van der Waals surface area contributed by atoms with Gasteiger partial charge in [-0.1, -0.05) is 47.7 Å². The number of unbranched alkanes of at least 4 members (excludes halogenated alkanes) is 1. The van der Waals surface area contributed by atoms with Crippen LogP contribution in [0.1, 0.15) is 60.9 Å². The Bertz CT molecular complexity index is 1090. The van der Waals surface area contributed by atoms with E-state index in [1.807, 2.05) is 75.7 Å². The van der Waals surface area contributed by atoms with Crippen LogP contribution in [0.2, 0.25) is 0 Å². The molecule has 4 nitrogen and oxygen atoms in total. The molecule has 0 radical (unpaired) electrons. The smallest absolute Gasteiger partial charge is 0.308 e. The largest absolute Gasteiger partial charge is 0.466 e. The fraction of sp³-hybridized carbons (Fsp3) is 0.393. The molecule has 0 saturated carbocycles. The lowest BCUT2D eigenvalue weighted by molar-refractivity contribution is -0.145. The average molecular weight is 498 g/mol. The van der Waals surface area contributed by atoms with Crippen molar-refractivity contribution in [2.45, 2.75) is 66.3 Å². The minimum Gasteiger partial charge on any atom is -0.466 e. The summed E-state index contributed by atoms with van der Waals surface area (Å²) in [6.07, 6.45) is 1.88. The first kappa shape index (κ1) is 26.4. The molecule has 0 fully saturated rings. The van der Waals surface area contributed by atoms with Crippen LogP contribution in [0.25, 0.3) is 0 Å². The lowest BCUT2D eigenvalue weighted by Crippen LogP contribution is -2.44. The van der Waals surface area contributed by atoms with E-state index >= 15 is 4.57 Å². The maximum Gasteiger partial charge on any atom is 0.308 e. The zero-order chi connectivity index (χ0) is 24.9. The van der Waals surface area contributed by atoms with Crippen molar-refractivity contribution in [3.05, 3.63) is 81.0 Å². The predicted molar refractivity (Wildman–Crippen MR) is 144 cm³/mol. The van der Waals surface area contributed by atoms with Gasteiger partial charge in [-0.15, -0.1) is 0 Å². The van der Waals surface area contributed by atoms with Gasteiger partial charge < -0.3 is 4.74 Å². The number of carbonyl (C=O) groups is 1. The molecule has 1 aromatic heterocycles. The van der Waals surface area contributed by atoms with Crippen molar-refractivity contribution in [3.63, 3.8) is 0 Å². The average Bonchev–Trinajstić information content (AvgIpc) is 3.28. The van der Waals surface area contributed by atoms with Crippen molar-refractivity contribution in [1.29, 1.82) is 0 Å². The number of carbonyl (C=O) groups excluding carboxylic acids is 1. The van der Waals surface area contributed by atoms with E-state index in [1.165, 1.54) is 0 Å². The van der Waals surface area contributed by atoms with Gasteiger partial charge in [0.2, 0.25) is 7.29 Å². The summed E-state index contributed by atoms with van der Waals surface area (Å²) >= 11 is 1.56. The van der Waals surface area contributed by atoms with Crippen LogP contribution < -0.4 is 15.7 Å². The van der Waals surface area contributed by atoms with Gasteiger partial charge in [-0.05, 0) is 87.7 Å². The lowest BCUT2D eigenvalue weighted by atomic mass is 9.92. The minimum absolute atomic E-state index is 0.0903. The summed E-state index contributed by atoms with van der Waals surface area (Å²) in [6, 6.07) is 14.1. The van der Waals surface area contributed by atoms with Gasteiger partial charge in [0.05, 0.1) is 18.6 Å². The number of nitrogens with one attached hydrogen (secondary N) is 1. The topological polar surface area (TPSA) is 55.4 Å². The van der Waals surface area contributed by atoms with Crippen LogP contribution in [0, 0.1) is 27.7 Å². The molecule has 0 spiro atoms. The Morgan fingerprint density at radius 1 is 0.971 bits per heavy atom. The first-order chi connectivity index (χ1) is 16.1. The number of aryl methyl sites for hydroxylation is 4. The van der Waals surface area contributed by atoms with E-state index in [-0.39, 0.29) is 12.4 Å². The number of rotatable bonds is 10. The molecule has 3 aromatic rings. The van der Waals surface area contributed by atoms with Gasteiger partial charge in [0.15, 0.2) is 0 Å². The minimum atomic E-state index is -3.34. The monoisotopic (exact) mass is 497 g/mol. The van der Waals surface area contributed by atoms with Crippen LogP contribution in [0.15, 0.2) is 53.2 Å². The molecule has 0 saturated heterocycles. The summed E-state index contributed by atoms with van der Waals surface area (Å²) in [5.74, 6) is -0.290. The Hall–Kier alpha value is -2.20. The van der Waals surface area contributed by atoms with Gasteiger partial charge in [-0.25, -0.2) is 5.09 Å². The summed E-state index contributed by atoms with van der Waals surface area (Å²) < 4.78 is 20.6. The first-order valence-corrected chi connectivity index (χ1v) is 14.5. The quantitative estimate of drug-likeness (QED) is 0.199. The third-order valence-corrected chi connectivity index (χ3v) is 9.42.